The summed E-state index contributed by atoms with van der Waals surface area (Å²) in [5.41, 5.74) is 0. The van der Waals surface area contributed by atoms with E-state index in [4.69, 9.17) is 4.74 Å². The summed E-state index contributed by atoms with van der Waals surface area (Å²) in [6.07, 6.45) is 0. The first kappa shape index (κ1) is 16.1. The number of anilines is 1. The lowest BCUT2D eigenvalue weighted by Crippen LogP contribution is -2.25. The quantitative estimate of drug-likeness (QED) is 0.823. The molecule has 0 radical (unpaired) electrons. The molecule has 22 heavy (non-hydrogen) atoms. The van der Waals surface area contributed by atoms with Gasteiger partial charge in [0.1, 0.15) is 0 Å². The molecular weight excluding hydrogens is 306 g/mol. The van der Waals surface area contributed by atoms with E-state index in [2.05, 4.69) is 19.7 Å². The van der Waals surface area contributed by atoms with Crippen LogP contribution in [0.5, 0.6) is 6.01 Å². The van der Waals surface area contributed by atoms with Crippen LogP contribution in [-0.2, 0) is 16.6 Å². The third kappa shape index (κ3) is 3.89. The Labute approximate surface area is 129 Å². The molecule has 0 amide bonds. The number of rotatable bonds is 6. The highest BCUT2D eigenvalue weighted by Crippen LogP contribution is 2.11. The van der Waals surface area contributed by atoms with Crippen molar-refractivity contribution in [3.63, 3.8) is 0 Å². The molecule has 1 aromatic carbocycles. The van der Waals surface area contributed by atoms with E-state index in [0.29, 0.717) is 5.95 Å². The van der Waals surface area contributed by atoms with Crippen molar-refractivity contribution in [2.75, 3.05) is 26.1 Å². The van der Waals surface area contributed by atoms with Gasteiger partial charge in [-0.05, 0) is 12.1 Å². The van der Waals surface area contributed by atoms with Crippen molar-refractivity contribution in [3.8, 4) is 6.01 Å². The molecule has 0 saturated heterocycles. The predicted octanol–water partition coefficient (Wildman–Crippen LogP) is 0.425. The highest BCUT2D eigenvalue weighted by atomic mass is 32.2. The second-order valence-electron chi connectivity index (χ2n) is 4.57. The van der Waals surface area contributed by atoms with Crippen molar-refractivity contribution in [2.24, 2.45) is 0 Å². The fourth-order valence-corrected chi connectivity index (χ4v) is 2.60. The van der Waals surface area contributed by atoms with E-state index in [1.807, 2.05) is 0 Å². The number of aromatic nitrogens is 3. The van der Waals surface area contributed by atoms with Crippen LogP contribution in [0, 0.1) is 0 Å². The van der Waals surface area contributed by atoms with Crippen LogP contribution in [0.25, 0.3) is 0 Å². The Morgan fingerprint density at radius 1 is 1.14 bits per heavy atom. The van der Waals surface area contributed by atoms with Crippen LogP contribution in [0.15, 0.2) is 35.2 Å². The Morgan fingerprint density at radius 3 is 2.41 bits per heavy atom. The number of benzene rings is 1. The minimum absolute atomic E-state index is 0.0586. The van der Waals surface area contributed by atoms with Crippen LogP contribution in [0.3, 0.4) is 0 Å². The van der Waals surface area contributed by atoms with Gasteiger partial charge in [-0.3, -0.25) is 0 Å². The summed E-state index contributed by atoms with van der Waals surface area (Å²) < 4.78 is 31.8. The molecule has 8 nitrogen and oxygen atoms in total. The van der Waals surface area contributed by atoms with E-state index >= 15 is 0 Å². The Bertz CT molecular complexity index is 735. The average molecular weight is 323 g/mol. The molecule has 9 heteroatoms. The van der Waals surface area contributed by atoms with E-state index in [-0.39, 0.29) is 23.3 Å². The van der Waals surface area contributed by atoms with Crippen LogP contribution < -0.4 is 14.4 Å². The molecule has 1 aromatic heterocycles. The molecule has 0 unspecified atom stereocenters. The summed E-state index contributed by atoms with van der Waals surface area (Å²) in [7, 11) is 1.36. The molecule has 2 aromatic rings. The number of sulfonamides is 1. The van der Waals surface area contributed by atoms with E-state index in [0.717, 1.165) is 0 Å². The Balaban J connectivity index is 2.19. The largest absolute Gasteiger partial charge is 0.467 e. The summed E-state index contributed by atoms with van der Waals surface area (Å²) in [6.45, 7) is -0.0586. The Hall–Kier alpha value is -2.26. The van der Waals surface area contributed by atoms with Gasteiger partial charge in [0.2, 0.25) is 16.0 Å². The standard InChI is InChI=1S/C13H17N5O3S/c1-18(2)12-15-11(16-13(17-12)21-3)9-14-22(19,20)10-7-5-4-6-8-10/h4-8,14H,9H2,1-3H3. The molecule has 0 atom stereocenters. The maximum Gasteiger partial charge on any atom is 0.321 e. The van der Waals surface area contributed by atoms with Crippen molar-refractivity contribution in [1.29, 1.82) is 0 Å². The molecule has 0 bridgehead atoms. The molecule has 1 N–H and O–H groups in total. The SMILES string of the molecule is COc1nc(CNS(=O)(=O)c2ccccc2)nc(N(C)C)n1. The molecule has 0 aliphatic carbocycles. The molecule has 118 valence electrons. The summed E-state index contributed by atoms with van der Waals surface area (Å²) in [4.78, 5) is 14.1. The average Bonchev–Trinajstić information content (AvgIpc) is 2.53. The van der Waals surface area contributed by atoms with Gasteiger partial charge in [-0.15, -0.1) is 0 Å². The van der Waals surface area contributed by atoms with Gasteiger partial charge in [0.25, 0.3) is 0 Å². The highest BCUT2D eigenvalue weighted by Gasteiger charge is 2.15. The molecule has 0 fully saturated rings. The van der Waals surface area contributed by atoms with Crippen molar-refractivity contribution in [1.82, 2.24) is 19.7 Å². The van der Waals surface area contributed by atoms with Gasteiger partial charge in [-0.25, -0.2) is 13.1 Å². The smallest absolute Gasteiger partial charge is 0.321 e. The van der Waals surface area contributed by atoms with Crippen molar-refractivity contribution >= 4 is 16.0 Å². The number of hydrogen-bond donors (Lipinski definition) is 1. The Morgan fingerprint density at radius 2 is 1.82 bits per heavy atom. The van der Waals surface area contributed by atoms with Crippen LogP contribution >= 0.6 is 0 Å². The summed E-state index contributed by atoms with van der Waals surface area (Å²) >= 11 is 0. The molecule has 0 aliphatic heterocycles. The number of nitrogens with one attached hydrogen (secondary N) is 1. The topological polar surface area (TPSA) is 97.3 Å². The van der Waals surface area contributed by atoms with E-state index in [1.54, 1.807) is 37.2 Å². The Kier molecular flexibility index (Phi) is 4.88. The summed E-state index contributed by atoms with van der Waals surface area (Å²) in [5, 5.41) is 0. The van der Waals surface area contributed by atoms with Gasteiger partial charge >= 0.3 is 6.01 Å². The lowest BCUT2D eigenvalue weighted by molar-refractivity contribution is 0.375. The second kappa shape index (κ2) is 6.67. The number of methoxy groups -OCH3 is 1. The first-order valence-corrected chi connectivity index (χ1v) is 7.91. The van der Waals surface area contributed by atoms with Crippen LogP contribution in [0.4, 0.5) is 5.95 Å². The van der Waals surface area contributed by atoms with Crippen LogP contribution in [0.2, 0.25) is 0 Å². The first-order chi connectivity index (χ1) is 10.4. The van der Waals surface area contributed by atoms with Crippen LogP contribution in [0.1, 0.15) is 5.82 Å². The van der Waals surface area contributed by atoms with Crippen molar-refractivity contribution in [3.05, 3.63) is 36.2 Å². The molecule has 0 aliphatic rings. The zero-order valence-electron chi connectivity index (χ0n) is 12.5. The number of hydrogen-bond acceptors (Lipinski definition) is 7. The van der Waals surface area contributed by atoms with Gasteiger partial charge in [-0.1, -0.05) is 18.2 Å². The normalized spacial score (nSPS) is 11.2. The predicted molar refractivity (Wildman–Crippen MR) is 81.2 cm³/mol. The molecular formula is C13H17N5O3S. The van der Waals surface area contributed by atoms with Crippen molar-refractivity contribution in [2.45, 2.75) is 11.4 Å². The maximum atomic E-state index is 12.2. The third-order valence-corrected chi connectivity index (χ3v) is 4.12. The lowest BCUT2D eigenvalue weighted by atomic mass is 10.4. The van der Waals surface area contributed by atoms with E-state index in [1.165, 1.54) is 19.2 Å². The zero-order chi connectivity index (χ0) is 16.2. The molecule has 2 rings (SSSR count). The van der Waals surface area contributed by atoms with Gasteiger partial charge < -0.3 is 9.64 Å². The monoisotopic (exact) mass is 323 g/mol. The first-order valence-electron chi connectivity index (χ1n) is 6.43. The van der Waals surface area contributed by atoms with Gasteiger partial charge in [-0.2, -0.15) is 15.0 Å². The van der Waals surface area contributed by atoms with E-state index in [9.17, 15) is 8.42 Å². The number of nitrogens with zero attached hydrogens (tertiary/aromatic N) is 4. The molecule has 0 saturated carbocycles. The number of ether oxygens (including phenoxy) is 1. The maximum absolute atomic E-state index is 12.2. The van der Waals surface area contributed by atoms with Gasteiger partial charge in [0.05, 0.1) is 18.6 Å². The fraction of sp³-hybridized carbons (Fsp3) is 0.308. The van der Waals surface area contributed by atoms with Gasteiger partial charge in [0, 0.05) is 14.1 Å². The summed E-state index contributed by atoms with van der Waals surface area (Å²) in [6, 6.07) is 8.23. The minimum atomic E-state index is -3.62. The second-order valence-corrected chi connectivity index (χ2v) is 6.34. The molecule has 1 heterocycles. The third-order valence-electron chi connectivity index (χ3n) is 2.71. The summed E-state index contributed by atoms with van der Waals surface area (Å²) in [5.74, 6) is 0.663. The molecule has 0 spiro atoms. The minimum Gasteiger partial charge on any atom is -0.467 e. The van der Waals surface area contributed by atoms with Gasteiger partial charge in [0.15, 0.2) is 5.82 Å². The fourth-order valence-electron chi connectivity index (χ4n) is 1.60. The van der Waals surface area contributed by atoms with Crippen LogP contribution in [-0.4, -0.2) is 44.6 Å². The van der Waals surface area contributed by atoms with Crippen molar-refractivity contribution < 1.29 is 13.2 Å². The highest BCUT2D eigenvalue weighted by molar-refractivity contribution is 7.89. The lowest BCUT2D eigenvalue weighted by Gasteiger charge is -2.12. The zero-order valence-corrected chi connectivity index (χ0v) is 13.3. The van der Waals surface area contributed by atoms with E-state index < -0.39 is 10.0 Å².